The van der Waals surface area contributed by atoms with Crippen LogP contribution < -0.4 is 10.6 Å². The number of methoxy groups -OCH3 is 1. The number of rotatable bonds is 8. The standard InChI is InChI=1S/C13H27N3O2S.HI/c1-13(5-4-10-19-13)11-16-12(14-2)15-6-7-18-9-8-17-3;/h4-11H2,1-3H3,(H2,14,15,16);1H. The predicted molar refractivity (Wildman–Crippen MR) is 97.6 cm³/mol. The maximum atomic E-state index is 5.39. The van der Waals surface area contributed by atoms with Crippen LogP contribution >= 0.6 is 35.7 Å². The van der Waals surface area contributed by atoms with Crippen molar-refractivity contribution in [2.45, 2.75) is 24.5 Å². The zero-order valence-corrected chi connectivity index (χ0v) is 15.9. The summed E-state index contributed by atoms with van der Waals surface area (Å²) in [4.78, 5) is 4.22. The zero-order chi connectivity index (χ0) is 14.0. The van der Waals surface area contributed by atoms with E-state index in [9.17, 15) is 0 Å². The minimum atomic E-state index is 0. The van der Waals surface area contributed by atoms with Crippen molar-refractivity contribution in [1.29, 1.82) is 0 Å². The third-order valence-corrected chi connectivity index (χ3v) is 4.66. The Labute approximate surface area is 144 Å². The van der Waals surface area contributed by atoms with E-state index in [0.717, 1.165) is 19.0 Å². The molecule has 0 aromatic rings. The van der Waals surface area contributed by atoms with Crippen LogP contribution in [0.5, 0.6) is 0 Å². The van der Waals surface area contributed by atoms with Crippen molar-refractivity contribution in [2.24, 2.45) is 4.99 Å². The van der Waals surface area contributed by atoms with Gasteiger partial charge in [-0.15, -0.1) is 24.0 Å². The first-order valence-electron chi connectivity index (χ1n) is 6.85. The molecule has 0 amide bonds. The summed E-state index contributed by atoms with van der Waals surface area (Å²) >= 11 is 2.05. The van der Waals surface area contributed by atoms with Gasteiger partial charge in [0.25, 0.3) is 0 Å². The average molecular weight is 417 g/mol. The van der Waals surface area contributed by atoms with Gasteiger partial charge in [0.2, 0.25) is 0 Å². The van der Waals surface area contributed by atoms with Crippen molar-refractivity contribution in [3.63, 3.8) is 0 Å². The van der Waals surface area contributed by atoms with E-state index in [1.807, 2.05) is 0 Å². The van der Waals surface area contributed by atoms with E-state index in [0.29, 0.717) is 24.6 Å². The quantitative estimate of drug-likeness (QED) is 0.273. The number of thioether (sulfide) groups is 1. The molecule has 1 atom stereocenters. The zero-order valence-electron chi connectivity index (χ0n) is 12.7. The molecule has 2 N–H and O–H groups in total. The Morgan fingerprint density at radius 2 is 2.10 bits per heavy atom. The van der Waals surface area contributed by atoms with Crippen molar-refractivity contribution < 1.29 is 9.47 Å². The van der Waals surface area contributed by atoms with Gasteiger partial charge in [-0.3, -0.25) is 4.99 Å². The Kier molecular flexibility index (Phi) is 12.0. The summed E-state index contributed by atoms with van der Waals surface area (Å²) < 4.78 is 10.7. The fourth-order valence-corrected chi connectivity index (χ4v) is 3.20. The van der Waals surface area contributed by atoms with Gasteiger partial charge in [-0.05, 0) is 25.5 Å². The maximum absolute atomic E-state index is 5.39. The van der Waals surface area contributed by atoms with E-state index in [2.05, 4.69) is 34.3 Å². The van der Waals surface area contributed by atoms with E-state index in [1.54, 1.807) is 14.2 Å². The van der Waals surface area contributed by atoms with Crippen LogP contribution in [0.1, 0.15) is 19.8 Å². The fraction of sp³-hybridized carbons (Fsp3) is 0.923. The van der Waals surface area contributed by atoms with Crippen LogP contribution in [0.15, 0.2) is 4.99 Å². The minimum Gasteiger partial charge on any atom is -0.382 e. The van der Waals surface area contributed by atoms with Gasteiger partial charge in [0.05, 0.1) is 19.8 Å². The van der Waals surface area contributed by atoms with Crippen LogP contribution in [0.25, 0.3) is 0 Å². The first-order chi connectivity index (χ1) is 9.20. The van der Waals surface area contributed by atoms with Gasteiger partial charge in [-0.2, -0.15) is 11.8 Å². The minimum absolute atomic E-state index is 0. The average Bonchev–Trinajstić information content (AvgIpc) is 2.84. The lowest BCUT2D eigenvalue weighted by atomic mass is 10.1. The molecule has 0 aliphatic carbocycles. The van der Waals surface area contributed by atoms with E-state index in [4.69, 9.17) is 9.47 Å². The number of guanidine groups is 1. The molecule has 5 nitrogen and oxygen atoms in total. The molecule has 7 heteroatoms. The van der Waals surface area contributed by atoms with Crippen LogP contribution in [-0.2, 0) is 9.47 Å². The molecule has 20 heavy (non-hydrogen) atoms. The Hall–Kier alpha value is 0.270. The van der Waals surface area contributed by atoms with Crippen LogP contribution in [-0.4, -0.2) is 63.5 Å². The molecule has 120 valence electrons. The molecule has 1 aliphatic rings. The molecule has 1 rings (SSSR count). The van der Waals surface area contributed by atoms with Gasteiger partial charge in [-0.1, -0.05) is 0 Å². The monoisotopic (exact) mass is 417 g/mol. The summed E-state index contributed by atoms with van der Waals surface area (Å²) in [6.45, 7) is 5.98. The summed E-state index contributed by atoms with van der Waals surface area (Å²) in [5.41, 5.74) is 0. The molecule has 0 bridgehead atoms. The summed E-state index contributed by atoms with van der Waals surface area (Å²) in [7, 11) is 3.47. The highest BCUT2D eigenvalue weighted by Crippen LogP contribution is 2.36. The number of aliphatic imine (C=N–C) groups is 1. The van der Waals surface area contributed by atoms with Crippen LogP contribution in [0.3, 0.4) is 0 Å². The van der Waals surface area contributed by atoms with Crippen LogP contribution in [0.2, 0.25) is 0 Å². The highest BCUT2D eigenvalue weighted by atomic mass is 127. The molecule has 1 unspecified atom stereocenters. The van der Waals surface area contributed by atoms with Gasteiger partial charge in [-0.25, -0.2) is 0 Å². The summed E-state index contributed by atoms with van der Waals surface area (Å²) in [5, 5.41) is 6.64. The van der Waals surface area contributed by atoms with Gasteiger partial charge in [0, 0.05) is 32.0 Å². The lowest BCUT2D eigenvalue weighted by molar-refractivity contribution is 0.0733. The van der Waals surface area contributed by atoms with Crippen molar-refractivity contribution in [3.8, 4) is 0 Å². The first kappa shape index (κ1) is 20.3. The van der Waals surface area contributed by atoms with Crippen LogP contribution in [0, 0.1) is 0 Å². The molecule has 0 radical (unpaired) electrons. The number of nitrogens with zero attached hydrogens (tertiary/aromatic N) is 1. The number of hydrogen-bond acceptors (Lipinski definition) is 4. The smallest absolute Gasteiger partial charge is 0.191 e. The van der Waals surface area contributed by atoms with Crippen molar-refractivity contribution >= 4 is 41.7 Å². The number of halogens is 1. The SMILES string of the molecule is CN=C(NCCOCCOC)NCC1(C)CCCS1.I. The molecule has 0 spiro atoms. The van der Waals surface area contributed by atoms with Gasteiger partial charge in [0.1, 0.15) is 0 Å². The highest BCUT2D eigenvalue weighted by Gasteiger charge is 2.29. The molecule has 1 fully saturated rings. The topological polar surface area (TPSA) is 54.9 Å². The van der Waals surface area contributed by atoms with Crippen molar-refractivity contribution in [2.75, 3.05) is 52.8 Å². The number of ether oxygens (including phenoxy) is 2. The lowest BCUT2D eigenvalue weighted by Crippen LogP contribution is -2.44. The molecule has 1 heterocycles. The molecule has 0 aromatic heterocycles. The second kappa shape index (κ2) is 11.9. The van der Waals surface area contributed by atoms with Crippen molar-refractivity contribution in [1.82, 2.24) is 10.6 Å². The normalized spacial score (nSPS) is 22.4. The number of nitrogens with one attached hydrogen (secondary N) is 2. The molecular weight excluding hydrogens is 389 g/mol. The van der Waals surface area contributed by atoms with Gasteiger partial charge in [0.15, 0.2) is 5.96 Å². The summed E-state index contributed by atoms with van der Waals surface area (Å²) in [6.07, 6.45) is 2.60. The molecule has 0 aromatic carbocycles. The largest absolute Gasteiger partial charge is 0.382 e. The predicted octanol–water partition coefficient (Wildman–Crippen LogP) is 1.72. The maximum Gasteiger partial charge on any atom is 0.191 e. The van der Waals surface area contributed by atoms with E-state index >= 15 is 0 Å². The first-order valence-corrected chi connectivity index (χ1v) is 7.84. The third kappa shape index (κ3) is 8.53. The van der Waals surface area contributed by atoms with Gasteiger partial charge >= 0.3 is 0 Å². The van der Waals surface area contributed by atoms with Crippen molar-refractivity contribution in [3.05, 3.63) is 0 Å². The highest BCUT2D eigenvalue weighted by molar-refractivity contribution is 14.0. The van der Waals surface area contributed by atoms with Gasteiger partial charge < -0.3 is 20.1 Å². The molecule has 1 aliphatic heterocycles. The lowest BCUT2D eigenvalue weighted by Gasteiger charge is -2.24. The second-order valence-corrected chi connectivity index (χ2v) is 6.54. The fourth-order valence-electron chi connectivity index (χ4n) is 1.95. The Bertz CT molecular complexity index is 274. The second-order valence-electron chi connectivity index (χ2n) is 4.86. The Morgan fingerprint density at radius 3 is 2.70 bits per heavy atom. The Morgan fingerprint density at radius 1 is 1.30 bits per heavy atom. The Balaban J connectivity index is 0.00000361. The molecule has 1 saturated heterocycles. The van der Waals surface area contributed by atoms with E-state index < -0.39 is 0 Å². The van der Waals surface area contributed by atoms with E-state index in [-0.39, 0.29) is 24.0 Å². The summed E-state index contributed by atoms with van der Waals surface area (Å²) in [6, 6.07) is 0. The third-order valence-electron chi connectivity index (χ3n) is 3.12. The molecule has 0 saturated carbocycles. The number of hydrogen-bond donors (Lipinski definition) is 2. The molecular formula is C13H28IN3O2S. The summed E-state index contributed by atoms with van der Waals surface area (Å²) in [5.74, 6) is 2.13. The van der Waals surface area contributed by atoms with Crippen LogP contribution in [0.4, 0.5) is 0 Å². The van der Waals surface area contributed by atoms with E-state index in [1.165, 1.54) is 18.6 Å².